The molecule has 0 aliphatic carbocycles. The third-order valence-electron chi connectivity index (χ3n) is 6.96. The maximum atomic E-state index is 13.5. The van der Waals surface area contributed by atoms with Gasteiger partial charge in [0.1, 0.15) is 0 Å². The maximum Gasteiger partial charge on any atom is 0.253 e. The molecule has 0 atom stereocenters. The van der Waals surface area contributed by atoms with Crippen LogP contribution in [0.3, 0.4) is 0 Å². The molecule has 4 rings (SSSR count). The Morgan fingerprint density at radius 3 is 2.54 bits per heavy atom. The molecule has 1 amide bonds. The van der Waals surface area contributed by atoms with E-state index >= 15 is 0 Å². The van der Waals surface area contributed by atoms with Gasteiger partial charge in [0.05, 0.1) is 25.2 Å². The molecule has 1 aromatic carbocycles. The van der Waals surface area contributed by atoms with Crippen molar-refractivity contribution in [3.05, 3.63) is 68.9 Å². The van der Waals surface area contributed by atoms with Crippen LogP contribution in [0.2, 0.25) is 0 Å². The number of amides is 1. The van der Waals surface area contributed by atoms with E-state index in [2.05, 4.69) is 38.2 Å². The second kappa shape index (κ2) is 11.6. The lowest BCUT2D eigenvalue weighted by atomic mass is 9.97. The number of rotatable bonds is 8. The molecule has 9 heteroatoms. The molecule has 1 aliphatic heterocycles. The first kappa shape index (κ1) is 26.3. The number of anilines is 1. The minimum Gasteiger partial charge on any atom is -0.480 e. The van der Waals surface area contributed by atoms with Crippen LogP contribution in [0.25, 0.3) is 11.3 Å². The number of methoxy groups -OCH3 is 1. The van der Waals surface area contributed by atoms with Crippen molar-refractivity contribution in [1.82, 2.24) is 20.3 Å². The zero-order valence-corrected chi connectivity index (χ0v) is 22.2. The van der Waals surface area contributed by atoms with Gasteiger partial charge in [0, 0.05) is 60.4 Å². The number of aromatic amines is 1. The van der Waals surface area contributed by atoms with Crippen molar-refractivity contribution < 1.29 is 14.3 Å². The second-order valence-corrected chi connectivity index (χ2v) is 9.37. The molecule has 1 saturated heterocycles. The fourth-order valence-electron chi connectivity index (χ4n) is 4.94. The number of carbonyl (C=O) groups is 1. The van der Waals surface area contributed by atoms with E-state index in [-0.39, 0.29) is 18.0 Å². The molecule has 0 bridgehead atoms. The predicted molar refractivity (Wildman–Crippen MR) is 143 cm³/mol. The van der Waals surface area contributed by atoms with E-state index in [1.165, 1.54) is 0 Å². The van der Waals surface area contributed by atoms with Gasteiger partial charge in [-0.2, -0.15) is 0 Å². The van der Waals surface area contributed by atoms with Crippen molar-refractivity contribution in [2.24, 2.45) is 0 Å². The Kier molecular flexibility index (Phi) is 8.23. The van der Waals surface area contributed by atoms with Crippen LogP contribution in [-0.2, 0) is 11.3 Å². The summed E-state index contributed by atoms with van der Waals surface area (Å²) in [6.45, 7) is 10.2. The Balaban J connectivity index is 1.73. The largest absolute Gasteiger partial charge is 0.480 e. The van der Waals surface area contributed by atoms with Crippen molar-refractivity contribution in [1.29, 1.82) is 0 Å². The van der Waals surface area contributed by atoms with E-state index < -0.39 is 0 Å². The molecule has 196 valence electrons. The first-order valence-corrected chi connectivity index (χ1v) is 12.6. The standard InChI is InChI=1S/C28H35N5O4/c1-6-33(21-7-9-37-10-8-21)25-13-20(24-15-30-26(36-5)16-29-24)12-22(19(25)4)27(34)31-14-23-17(2)11-18(3)32-28(23)35/h11-13,15-16,21H,6-10,14H2,1-5H3,(H,31,34)(H,32,35). The Morgan fingerprint density at radius 2 is 1.92 bits per heavy atom. The molecule has 3 heterocycles. The molecule has 2 N–H and O–H groups in total. The number of benzene rings is 1. The van der Waals surface area contributed by atoms with Gasteiger partial charge in [-0.3, -0.25) is 9.59 Å². The lowest BCUT2D eigenvalue weighted by molar-refractivity contribution is 0.0846. The van der Waals surface area contributed by atoms with Gasteiger partial charge in [-0.05, 0) is 69.9 Å². The van der Waals surface area contributed by atoms with Gasteiger partial charge in [-0.25, -0.2) is 9.97 Å². The summed E-state index contributed by atoms with van der Waals surface area (Å²) in [7, 11) is 1.55. The molecule has 0 radical (unpaired) electrons. The summed E-state index contributed by atoms with van der Waals surface area (Å²) in [5.74, 6) is 0.176. The summed E-state index contributed by atoms with van der Waals surface area (Å²) < 4.78 is 10.7. The van der Waals surface area contributed by atoms with Crippen molar-refractivity contribution >= 4 is 11.6 Å². The number of nitrogens with zero attached hydrogens (tertiary/aromatic N) is 3. The Morgan fingerprint density at radius 1 is 1.16 bits per heavy atom. The fourth-order valence-corrected chi connectivity index (χ4v) is 4.94. The van der Waals surface area contributed by atoms with E-state index in [0.717, 1.165) is 60.7 Å². The third-order valence-corrected chi connectivity index (χ3v) is 6.96. The van der Waals surface area contributed by atoms with Crippen LogP contribution in [-0.4, -0.2) is 53.8 Å². The van der Waals surface area contributed by atoms with Crippen LogP contribution in [0, 0.1) is 20.8 Å². The zero-order chi connectivity index (χ0) is 26.5. The van der Waals surface area contributed by atoms with E-state index in [4.69, 9.17) is 9.47 Å². The second-order valence-electron chi connectivity index (χ2n) is 9.37. The topological polar surface area (TPSA) is 109 Å². The molecule has 3 aromatic rings. The summed E-state index contributed by atoms with van der Waals surface area (Å²) in [4.78, 5) is 40.0. The first-order chi connectivity index (χ1) is 17.8. The zero-order valence-electron chi connectivity index (χ0n) is 22.2. The van der Waals surface area contributed by atoms with Crippen LogP contribution in [0.15, 0.2) is 35.4 Å². The van der Waals surface area contributed by atoms with Gasteiger partial charge in [-0.15, -0.1) is 0 Å². The van der Waals surface area contributed by atoms with Crippen LogP contribution < -0.4 is 20.5 Å². The van der Waals surface area contributed by atoms with Crippen molar-refractivity contribution in [2.75, 3.05) is 31.8 Å². The molecule has 1 fully saturated rings. The molecule has 1 aliphatic rings. The monoisotopic (exact) mass is 505 g/mol. The average molecular weight is 506 g/mol. The van der Waals surface area contributed by atoms with Crippen molar-refractivity contribution in [3.63, 3.8) is 0 Å². The third kappa shape index (κ3) is 5.83. The highest BCUT2D eigenvalue weighted by molar-refractivity contribution is 5.98. The molecular formula is C28H35N5O4. The number of nitrogens with one attached hydrogen (secondary N) is 2. The van der Waals surface area contributed by atoms with Crippen LogP contribution in [0.1, 0.15) is 52.5 Å². The number of hydrogen-bond donors (Lipinski definition) is 2. The van der Waals surface area contributed by atoms with Gasteiger partial charge in [-0.1, -0.05) is 0 Å². The molecule has 37 heavy (non-hydrogen) atoms. The SMILES string of the molecule is CCN(c1cc(-c2cnc(OC)cn2)cc(C(=O)NCc2c(C)cc(C)[nH]c2=O)c1C)C1CCOCC1. The Bertz CT molecular complexity index is 1310. The molecular weight excluding hydrogens is 470 g/mol. The van der Waals surface area contributed by atoms with Gasteiger partial charge >= 0.3 is 0 Å². The van der Waals surface area contributed by atoms with E-state index in [1.54, 1.807) is 19.5 Å². The minimum atomic E-state index is -0.246. The van der Waals surface area contributed by atoms with Crippen molar-refractivity contribution in [3.8, 4) is 17.1 Å². The molecule has 0 unspecified atom stereocenters. The van der Waals surface area contributed by atoms with E-state index in [0.29, 0.717) is 28.7 Å². The summed E-state index contributed by atoms with van der Waals surface area (Å²) in [6, 6.07) is 6.15. The fraction of sp³-hybridized carbons (Fsp3) is 0.429. The lowest BCUT2D eigenvalue weighted by Crippen LogP contribution is -2.40. The highest BCUT2D eigenvalue weighted by Crippen LogP contribution is 2.33. The molecule has 0 spiro atoms. The van der Waals surface area contributed by atoms with Crippen LogP contribution in [0.5, 0.6) is 5.88 Å². The average Bonchev–Trinajstić information content (AvgIpc) is 2.90. The van der Waals surface area contributed by atoms with Gasteiger partial charge in [0.15, 0.2) is 0 Å². The molecule has 9 nitrogen and oxygen atoms in total. The van der Waals surface area contributed by atoms with Gasteiger partial charge in [0.2, 0.25) is 5.88 Å². The summed E-state index contributed by atoms with van der Waals surface area (Å²) >= 11 is 0. The number of aromatic nitrogens is 3. The highest BCUT2D eigenvalue weighted by atomic mass is 16.5. The molecule has 0 saturated carbocycles. The summed E-state index contributed by atoms with van der Waals surface area (Å²) in [5.41, 5.74) is 5.83. The number of ether oxygens (including phenoxy) is 2. The minimum absolute atomic E-state index is 0.138. The van der Waals surface area contributed by atoms with Crippen LogP contribution >= 0.6 is 0 Å². The predicted octanol–water partition coefficient (Wildman–Crippen LogP) is 3.70. The number of pyridine rings is 1. The van der Waals surface area contributed by atoms with Crippen molar-refractivity contribution in [2.45, 2.75) is 53.1 Å². The number of carbonyl (C=O) groups excluding carboxylic acids is 1. The normalized spacial score (nSPS) is 13.9. The first-order valence-electron chi connectivity index (χ1n) is 12.6. The van der Waals surface area contributed by atoms with E-state index in [9.17, 15) is 9.59 Å². The van der Waals surface area contributed by atoms with Gasteiger partial charge in [0.25, 0.3) is 11.5 Å². The number of hydrogen-bond acceptors (Lipinski definition) is 7. The lowest BCUT2D eigenvalue weighted by Gasteiger charge is -2.37. The molecule has 2 aromatic heterocycles. The maximum absolute atomic E-state index is 13.5. The summed E-state index contributed by atoms with van der Waals surface area (Å²) in [6.07, 6.45) is 5.07. The quantitative estimate of drug-likeness (QED) is 0.480. The Hall–Kier alpha value is -3.72. The number of H-pyrrole nitrogens is 1. The van der Waals surface area contributed by atoms with Gasteiger partial charge < -0.3 is 24.7 Å². The highest BCUT2D eigenvalue weighted by Gasteiger charge is 2.25. The number of aryl methyl sites for hydroxylation is 2. The van der Waals surface area contributed by atoms with Crippen LogP contribution in [0.4, 0.5) is 5.69 Å². The summed E-state index contributed by atoms with van der Waals surface area (Å²) in [5, 5.41) is 2.96. The van der Waals surface area contributed by atoms with E-state index in [1.807, 2.05) is 32.9 Å². The Labute approximate surface area is 217 Å². The smallest absolute Gasteiger partial charge is 0.253 e.